The predicted molar refractivity (Wildman–Crippen MR) is 94.4 cm³/mol. The fourth-order valence-electron chi connectivity index (χ4n) is 3.37. The molecular weight excluding hydrogens is 324 g/mol. The van der Waals surface area contributed by atoms with Gasteiger partial charge in [0, 0.05) is 16.5 Å². The van der Waals surface area contributed by atoms with E-state index in [-0.39, 0.29) is 17.9 Å². The van der Waals surface area contributed by atoms with E-state index in [1.165, 1.54) is 11.3 Å². The van der Waals surface area contributed by atoms with E-state index in [0.29, 0.717) is 27.9 Å². The van der Waals surface area contributed by atoms with Crippen LogP contribution in [0.4, 0.5) is 0 Å². The Kier molecular flexibility index (Phi) is 3.60. The molecule has 124 valence electrons. The van der Waals surface area contributed by atoms with Gasteiger partial charge in [-0.3, -0.25) is 9.59 Å². The van der Waals surface area contributed by atoms with Gasteiger partial charge < -0.3 is 4.98 Å². The van der Waals surface area contributed by atoms with Crippen LogP contribution >= 0.6 is 11.3 Å². The Hall–Kier alpha value is -2.28. The molecule has 2 aliphatic rings. The van der Waals surface area contributed by atoms with Gasteiger partial charge in [0.15, 0.2) is 0 Å². The van der Waals surface area contributed by atoms with Gasteiger partial charge in [-0.1, -0.05) is 12.2 Å². The van der Waals surface area contributed by atoms with Crippen LogP contribution < -0.4 is 11.0 Å². The van der Waals surface area contributed by atoms with E-state index in [9.17, 15) is 9.59 Å². The van der Waals surface area contributed by atoms with Crippen molar-refractivity contribution in [1.82, 2.24) is 15.4 Å². The maximum Gasteiger partial charge on any atom is 0.259 e. The molecule has 6 nitrogen and oxygen atoms in total. The molecule has 2 aliphatic carbocycles. The summed E-state index contributed by atoms with van der Waals surface area (Å²) in [6.07, 6.45) is 6.36. The molecule has 2 heterocycles. The smallest absolute Gasteiger partial charge is 0.259 e. The Balaban J connectivity index is 1.47. The molecule has 0 bridgehead atoms. The van der Waals surface area contributed by atoms with Gasteiger partial charge in [0.05, 0.1) is 11.8 Å². The molecule has 0 unspecified atom stereocenters. The maximum atomic E-state index is 12.2. The number of nitrogens with zero attached hydrogens (tertiary/aromatic N) is 2. The number of hydrazone groups is 1. The summed E-state index contributed by atoms with van der Waals surface area (Å²) >= 11 is 1.48. The fraction of sp³-hybridized carbons (Fsp3) is 0.412. The quantitative estimate of drug-likeness (QED) is 0.662. The van der Waals surface area contributed by atoms with Gasteiger partial charge >= 0.3 is 0 Å². The van der Waals surface area contributed by atoms with Gasteiger partial charge in [0.2, 0.25) is 5.91 Å². The lowest BCUT2D eigenvalue weighted by atomic mass is 9.74. The number of hydrogen-bond acceptors (Lipinski definition) is 5. The molecule has 0 aromatic carbocycles. The topological polar surface area (TPSA) is 87.2 Å². The van der Waals surface area contributed by atoms with Crippen LogP contribution in [-0.4, -0.2) is 21.6 Å². The first kappa shape index (κ1) is 15.3. The Morgan fingerprint density at radius 1 is 1.50 bits per heavy atom. The molecule has 2 aromatic heterocycles. The van der Waals surface area contributed by atoms with E-state index < -0.39 is 0 Å². The van der Waals surface area contributed by atoms with Crippen LogP contribution in [0.15, 0.2) is 22.0 Å². The zero-order valence-corrected chi connectivity index (χ0v) is 14.4. The molecule has 7 heteroatoms. The molecule has 0 aliphatic heterocycles. The fourth-order valence-corrected chi connectivity index (χ4v) is 4.42. The van der Waals surface area contributed by atoms with E-state index in [2.05, 4.69) is 32.6 Å². The lowest BCUT2D eigenvalue weighted by Gasteiger charge is -2.31. The molecule has 1 fully saturated rings. The molecule has 1 amide bonds. The molecule has 2 aromatic rings. The molecule has 24 heavy (non-hydrogen) atoms. The molecule has 0 saturated heterocycles. The number of rotatable bonds is 3. The van der Waals surface area contributed by atoms with Crippen LogP contribution in [0.1, 0.15) is 29.1 Å². The summed E-state index contributed by atoms with van der Waals surface area (Å²) in [5.41, 5.74) is 4.42. The number of thiophene rings is 1. The molecule has 1 saturated carbocycles. The van der Waals surface area contributed by atoms with Gasteiger partial charge in [-0.15, -0.1) is 11.3 Å². The predicted octanol–water partition coefficient (Wildman–Crippen LogP) is 2.21. The minimum Gasteiger partial charge on any atom is -0.309 e. The first-order chi connectivity index (χ1) is 11.5. The third-order valence-corrected chi connectivity index (χ3v) is 6.00. The Labute approximate surface area is 142 Å². The Morgan fingerprint density at radius 3 is 3.12 bits per heavy atom. The average Bonchev–Trinajstić information content (AvgIpc) is 3.00. The minimum absolute atomic E-state index is 0.0182. The molecule has 0 spiro atoms. The number of carbonyl (C=O) groups is 1. The van der Waals surface area contributed by atoms with E-state index in [1.54, 1.807) is 0 Å². The average molecular weight is 342 g/mol. The zero-order chi connectivity index (χ0) is 16.8. The van der Waals surface area contributed by atoms with E-state index >= 15 is 0 Å². The first-order valence-corrected chi connectivity index (χ1v) is 8.85. The van der Waals surface area contributed by atoms with Crippen molar-refractivity contribution in [2.45, 2.75) is 33.1 Å². The highest BCUT2D eigenvalue weighted by molar-refractivity contribution is 7.18. The minimum atomic E-state index is -0.260. The van der Waals surface area contributed by atoms with Crippen LogP contribution in [0, 0.1) is 25.7 Å². The Bertz CT molecular complexity index is 953. The largest absolute Gasteiger partial charge is 0.309 e. The van der Waals surface area contributed by atoms with Crippen molar-refractivity contribution in [2.24, 2.45) is 16.9 Å². The summed E-state index contributed by atoms with van der Waals surface area (Å²) in [6, 6.07) is 0. The number of hydrogen-bond donors (Lipinski definition) is 2. The van der Waals surface area contributed by atoms with Gasteiger partial charge in [-0.2, -0.15) is 5.10 Å². The Morgan fingerprint density at radius 2 is 2.33 bits per heavy atom. The molecular formula is C17H18N4O2S. The van der Waals surface area contributed by atoms with E-state index in [0.717, 1.165) is 29.0 Å². The number of allylic oxidation sites excluding steroid dienone is 2. The highest BCUT2D eigenvalue weighted by Crippen LogP contribution is 2.40. The van der Waals surface area contributed by atoms with E-state index in [4.69, 9.17) is 0 Å². The lowest BCUT2D eigenvalue weighted by Crippen LogP contribution is -2.36. The van der Waals surface area contributed by atoms with Crippen LogP contribution in [0.5, 0.6) is 0 Å². The van der Waals surface area contributed by atoms with Gasteiger partial charge in [0.1, 0.15) is 10.7 Å². The SMILES string of the molecule is Cc1sc2nc(CC(=O)N/N=C3/C[C@@H]4C=CC[C@H]34)[nH]c(=O)c2c1C. The van der Waals surface area contributed by atoms with Crippen LogP contribution in [-0.2, 0) is 11.2 Å². The number of aryl methyl sites for hydroxylation is 2. The lowest BCUT2D eigenvalue weighted by molar-refractivity contribution is -0.120. The number of H-pyrrole nitrogens is 1. The summed E-state index contributed by atoms with van der Waals surface area (Å²) in [7, 11) is 0. The van der Waals surface area contributed by atoms with Crippen LogP contribution in [0.3, 0.4) is 0 Å². The number of aromatic nitrogens is 2. The van der Waals surface area contributed by atoms with Crippen molar-refractivity contribution in [3.8, 4) is 0 Å². The molecule has 2 N–H and O–H groups in total. The molecule has 0 radical (unpaired) electrons. The van der Waals surface area contributed by atoms with Crippen molar-refractivity contribution in [2.75, 3.05) is 0 Å². The first-order valence-electron chi connectivity index (χ1n) is 8.04. The summed E-state index contributed by atoms with van der Waals surface area (Å²) < 4.78 is 0. The van der Waals surface area contributed by atoms with Gasteiger partial charge in [-0.25, -0.2) is 10.4 Å². The normalized spacial score (nSPS) is 23.5. The second kappa shape index (κ2) is 5.66. The van der Waals surface area contributed by atoms with E-state index in [1.807, 2.05) is 13.8 Å². The highest BCUT2D eigenvalue weighted by atomic mass is 32.1. The van der Waals surface area contributed by atoms with Crippen LogP contribution in [0.25, 0.3) is 10.2 Å². The van der Waals surface area contributed by atoms with Crippen LogP contribution in [0.2, 0.25) is 0 Å². The monoisotopic (exact) mass is 342 g/mol. The van der Waals surface area contributed by atoms with Gasteiger partial charge in [-0.05, 0) is 38.2 Å². The maximum absolute atomic E-state index is 12.2. The number of carbonyl (C=O) groups excluding carboxylic acids is 1. The molecule has 2 atom stereocenters. The second-order valence-corrected chi connectivity index (χ2v) is 7.63. The second-order valence-electron chi connectivity index (χ2n) is 6.43. The number of fused-ring (bicyclic) bond motifs is 2. The summed E-state index contributed by atoms with van der Waals surface area (Å²) in [6.45, 7) is 3.88. The van der Waals surface area contributed by atoms with Crippen molar-refractivity contribution in [3.05, 3.63) is 38.8 Å². The number of aromatic amines is 1. The van der Waals surface area contributed by atoms with Crippen molar-refractivity contribution in [3.63, 3.8) is 0 Å². The summed E-state index contributed by atoms with van der Waals surface area (Å²) in [5.74, 6) is 1.19. The zero-order valence-electron chi connectivity index (χ0n) is 13.5. The number of nitrogens with one attached hydrogen (secondary N) is 2. The third-order valence-electron chi connectivity index (χ3n) is 4.90. The van der Waals surface area contributed by atoms with Crippen molar-refractivity contribution in [1.29, 1.82) is 0 Å². The standard InChI is InChI=1S/C17H18N4O2S/c1-8-9(2)24-17-15(8)16(23)18-13(19-17)7-14(22)21-20-12-6-10-4-3-5-11(10)12/h3-4,10-11H,5-7H2,1-2H3,(H,21,22)(H,18,19,23)/b20-12-/t10-,11-/m0/s1. The van der Waals surface area contributed by atoms with Crippen molar-refractivity contribution < 1.29 is 4.79 Å². The van der Waals surface area contributed by atoms with Crippen molar-refractivity contribution >= 4 is 33.2 Å². The highest BCUT2D eigenvalue weighted by Gasteiger charge is 2.38. The summed E-state index contributed by atoms with van der Waals surface area (Å²) in [4.78, 5) is 33.2. The molecule has 4 rings (SSSR count). The van der Waals surface area contributed by atoms with Gasteiger partial charge in [0.25, 0.3) is 5.56 Å². The summed E-state index contributed by atoms with van der Waals surface area (Å²) in [5, 5.41) is 4.85. The third kappa shape index (κ3) is 2.49. The number of amides is 1.